The normalized spacial score (nSPS) is 10.6. The molecular formula is C13H17N3O2. The van der Waals surface area contributed by atoms with Crippen LogP contribution in [-0.2, 0) is 13.0 Å². The maximum atomic E-state index is 5.77. The third-order valence-electron chi connectivity index (χ3n) is 2.61. The maximum Gasteiger partial charge on any atom is 0.253 e. The summed E-state index contributed by atoms with van der Waals surface area (Å²) in [6.07, 6.45) is 0.792. The number of hydrogen-bond donors (Lipinski definition) is 1. The first-order chi connectivity index (χ1) is 8.70. The Bertz CT molecular complexity index is 523. The van der Waals surface area contributed by atoms with Crippen LogP contribution in [0.25, 0.3) is 0 Å². The fraction of sp³-hybridized carbons (Fsp3) is 0.385. The molecule has 96 valence electrons. The standard InChI is InChI=1S/C13H17N3O2/c1-9-4-3-5-11(6-7-14)13(9)17-8-12-16-15-10(2)18-12/h3-5H,6-8,14H2,1-2H3. The smallest absolute Gasteiger partial charge is 0.253 e. The maximum absolute atomic E-state index is 5.77. The summed E-state index contributed by atoms with van der Waals surface area (Å²) >= 11 is 0. The number of aryl methyl sites for hydroxylation is 2. The molecule has 0 aliphatic rings. The molecule has 18 heavy (non-hydrogen) atoms. The zero-order valence-electron chi connectivity index (χ0n) is 10.6. The molecular weight excluding hydrogens is 230 g/mol. The fourth-order valence-corrected chi connectivity index (χ4v) is 1.80. The van der Waals surface area contributed by atoms with Crippen molar-refractivity contribution < 1.29 is 9.15 Å². The minimum atomic E-state index is 0.281. The van der Waals surface area contributed by atoms with Crippen LogP contribution < -0.4 is 10.5 Å². The van der Waals surface area contributed by atoms with E-state index in [-0.39, 0.29) is 6.61 Å². The summed E-state index contributed by atoms with van der Waals surface area (Å²) in [5.74, 6) is 1.88. The van der Waals surface area contributed by atoms with Gasteiger partial charge >= 0.3 is 0 Å². The predicted octanol–water partition coefficient (Wildman–Crippen LogP) is 1.77. The second-order valence-corrected chi connectivity index (χ2v) is 4.11. The Balaban J connectivity index is 2.12. The molecule has 0 spiro atoms. The monoisotopic (exact) mass is 247 g/mol. The topological polar surface area (TPSA) is 74.2 Å². The average Bonchev–Trinajstić information content (AvgIpc) is 2.75. The molecule has 0 saturated heterocycles. The van der Waals surface area contributed by atoms with E-state index in [1.165, 1.54) is 0 Å². The molecule has 0 aliphatic carbocycles. The molecule has 0 atom stereocenters. The molecule has 0 amide bonds. The van der Waals surface area contributed by atoms with Crippen molar-refractivity contribution in [1.29, 1.82) is 0 Å². The fourth-order valence-electron chi connectivity index (χ4n) is 1.80. The van der Waals surface area contributed by atoms with Gasteiger partial charge in [0.05, 0.1) is 0 Å². The second kappa shape index (κ2) is 5.64. The SMILES string of the molecule is Cc1nnc(COc2c(C)cccc2CCN)o1. The van der Waals surface area contributed by atoms with Crippen LogP contribution in [0.1, 0.15) is 22.9 Å². The van der Waals surface area contributed by atoms with Crippen molar-refractivity contribution in [3.8, 4) is 5.75 Å². The molecule has 2 aromatic rings. The van der Waals surface area contributed by atoms with E-state index in [1.54, 1.807) is 6.92 Å². The molecule has 0 fully saturated rings. The van der Waals surface area contributed by atoms with Gasteiger partial charge in [-0.15, -0.1) is 10.2 Å². The highest BCUT2D eigenvalue weighted by atomic mass is 16.5. The number of aromatic nitrogens is 2. The molecule has 5 heteroatoms. The Morgan fingerprint density at radius 2 is 2.11 bits per heavy atom. The van der Waals surface area contributed by atoms with Crippen molar-refractivity contribution in [3.05, 3.63) is 41.1 Å². The molecule has 1 aromatic heterocycles. The summed E-state index contributed by atoms with van der Waals surface area (Å²) in [4.78, 5) is 0. The first-order valence-corrected chi connectivity index (χ1v) is 5.91. The van der Waals surface area contributed by atoms with E-state index >= 15 is 0 Å². The molecule has 1 aromatic carbocycles. The summed E-state index contributed by atoms with van der Waals surface area (Å²) in [6, 6.07) is 6.03. The van der Waals surface area contributed by atoms with Crippen molar-refractivity contribution in [2.24, 2.45) is 5.73 Å². The van der Waals surface area contributed by atoms with E-state index in [0.717, 1.165) is 23.3 Å². The van der Waals surface area contributed by atoms with Crippen LogP contribution in [0.5, 0.6) is 5.75 Å². The highest BCUT2D eigenvalue weighted by Crippen LogP contribution is 2.24. The number of hydrogen-bond acceptors (Lipinski definition) is 5. The number of nitrogens with zero attached hydrogens (tertiary/aromatic N) is 2. The molecule has 0 saturated carbocycles. The lowest BCUT2D eigenvalue weighted by Crippen LogP contribution is -2.06. The van der Waals surface area contributed by atoms with Crippen LogP contribution in [-0.4, -0.2) is 16.7 Å². The number of para-hydroxylation sites is 1. The van der Waals surface area contributed by atoms with E-state index < -0.39 is 0 Å². The Hall–Kier alpha value is -1.88. The minimum absolute atomic E-state index is 0.281. The molecule has 1 heterocycles. The number of rotatable bonds is 5. The third kappa shape index (κ3) is 2.87. The van der Waals surface area contributed by atoms with Gasteiger partial charge in [-0.2, -0.15) is 0 Å². The Morgan fingerprint density at radius 1 is 1.28 bits per heavy atom. The summed E-state index contributed by atoms with van der Waals surface area (Å²) in [6.45, 7) is 4.64. The Morgan fingerprint density at radius 3 is 2.78 bits per heavy atom. The molecule has 0 radical (unpaired) electrons. The van der Waals surface area contributed by atoms with Crippen molar-refractivity contribution in [3.63, 3.8) is 0 Å². The lowest BCUT2D eigenvalue weighted by Gasteiger charge is -2.12. The van der Waals surface area contributed by atoms with Crippen LogP contribution in [0.2, 0.25) is 0 Å². The van der Waals surface area contributed by atoms with Crippen molar-refractivity contribution in [2.75, 3.05) is 6.54 Å². The largest absolute Gasteiger partial charge is 0.483 e. The molecule has 0 bridgehead atoms. The number of ether oxygens (including phenoxy) is 1. The zero-order chi connectivity index (χ0) is 13.0. The van der Waals surface area contributed by atoms with Gasteiger partial charge in [-0.1, -0.05) is 18.2 Å². The van der Waals surface area contributed by atoms with Crippen LogP contribution >= 0.6 is 0 Å². The summed E-state index contributed by atoms with van der Waals surface area (Å²) in [5, 5.41) is 7.66. The lowest BCUT2D eigenvalue weighted by atomic mass is 10.1. The van der Waals surface area contributed by atoms with Gasteiger partial charge in [0, 0.05) is 6.92 Å². The Kier molecular flexibility index (Phi) is 3.94. The summed E-state index contributed by atoms with van der Waals surface area (Å²) < 4.78 is 11.0. The van der Waals surface area contributed by atoms with Crippen molar-refractivity contribution in [1.82, 2.24) is 10.2 Å². The van der Waals surface area contributed by atoms with Gasteiger partial charge in [0.25, 0.3) is 5.89 Å². The quantitative estimate of drug-likeness (QED) is 0.871. The van der Waals surface area contributed by atoms with E-state index in [0.29, 0.717) is 18.3 Å². The van der Waals surface area contributed by atoms with Crippen LogP contribution in [0.15, 0.2) is 22.6 Å². The molecule has 0 unspecified atom stereocenters. The summed E-state index contributed by atoms with van der Waals surface area (Å²) in [5.41, 5.74) is 7.78. The molecule has 2 rings (SSSR count). The summed E-state index contributed by atoms with van der Waals surface area (Å²) in [7, 11) is 0. The van der Waals surface area contributed by atoms with E-state index in [2.05, 4.69) is 10.2 Å². The van der Waals surface area contributed by atoms with Gasteiger partial charge in [-0.25, -0.2) is 0 Å². The van der Waals surface area contributed by atoms with Gasteiger partial charge < -0.3 is 14.9 Å². The molecule has 0 aliphatic heterocycles. The van der Waals surface area contributed by atoms with Gasteiger partial charge in [0.2, 0.25) is 5.89 Å². The lowest BCUT2D eigenvalue weighted by molar-refractivity contribution is 0.256. The van der Waals surface area contributed by atoms with Gasteiger partial charge in [-0.05, 0) is 31.0 Å². The minimum Gasteiger partial charge on any atom is -0.483 e. The number of nitrogens with two attached hydrogens (primary N) is 1. The molecule has 2 N–H and O–H groups in total. The van der Waals surface area contributed by atoms with Crippen LogP contribution in [0.3, 0.4) is 0 Å². The van der Waals surface area contributed by atoms with Gasteiger partial charge in [0.1, 0.15) is 5.75 Å². The van der Waals surface area contributed by atoms with E-state index in [4.69, 9.17) is 14.9 Å². The van der Waals surface area contributed by atoms with Crippen molar-refractivity contribution in [2.45, 2.75) is 26.9 Å². The molecule has 5 nitrogen and oxygen atoms in total. The highest BCUT2D eigenvalue weighted by Gasteiger charge is 2.09. The average molecular weight is 247 g/mol. The highest BCUT2D eigenvalue weighted by molar-refractivity contribution is 5.40. The van der Waals surface area contributed by atoms with E-state index in [1.807, 2.05) is 25.1 Å². The first kappa shape index (κ1) is 12.6. The van der Waals surface area contributed by atoms with Gasteiger partial charge in [-0.3, -0.25) is 0 Å². The Labute approximate surface area is 106 Å². The number of benzene rings is 1. The predicted molar refractivity (Wildman–Crippen MR) is 67.3 cm³/mol. The second-order valence-electron chi connectivity index (χ2n) is 4.11. The first-order valence-electron chi connectivity index (χ1n) is 5.91. The van der Waals surface area contributed by atoms with Crippen LogP contribution in [0.4, 0.5) is 0 Å². The van der Waals surface area contributed by atoms with E-state index in [9.17, 15) is 0 Å². The van der Waals surface area contributed by atoms with Crippen molar-refractivity contribution >= 4 is 0 Å². The van der Waals surface area contributed by atoms with Crippen LogP contribution in [0, 0.1) is 13.8 Å². The zero-order valence-corrected chi connectivity index (χ0v) is 10.6. The van der Waals surface area contributed by atoms with Gasteiger partial charge in [0.15, 0.2) is 6.61 Å². The third-order valence-corrected chi connectivity index (χ3v) is 2.61.